The van der Waals surface area contributed by atoms with Crippen LogP contribution in [0.5, 0.6) is 17.2 Å². The highest BCUT2D eigenvalue weighted by Gasteiger charge is 2.28. The monoisotopic (exact) mass is 933 g/mol. The molecule has 4 heterocycles. The Morgan fingerprint density at radius 2 is 1.62 bits per heavy atom. The average Bonchev–Trinajstić information content (AvgIpc) is 3.70. The van der Waals surface area contributed by atoms with Crippen LogP contribution >= 0.6 is 11.6 Å². The van der Waals surface area contributed by atoms with Gasteiger partial charge in [-0.3, -0.25) is 14.4 Å². The molecule has 4 aromatic carbocycles. The predicted octanol–water partition coefficient (Wildman–Crippen LogP) is 6.93. The molecule has 18 heteroatoms. The first-order valence-corrected chi connectivity index (χ1v) is 23.5. The quantitative estimate of drug-likeness (QED) is 0.0967. The maximum atomic E-state index is 14.3. The number of para-hydroxylation sites is 2. The van der Waals surface area contributed by atoms with Gasteiger partial charge in [-0.05, 0) is 78.7 Å². The van der Waals surface area contributed by atoms with E-state index in [1.54, 1.807) is 66.5 Å². The number of halogens is 2. The van der Waals surface area contributed by atoms with Gasteiger partial charge in [0.1, 0.15) is 54.2 Å². The van der Waals surface area contributed by atoms with Gasteiger partial charge in [0.15, 0.2) is 11.6 Å². The van der Waals surface area contributed by atoms with E-state index in [1.807, 2.05) is 43.3 Å². The summed E-state index contributed by atoms with van der Waals surface area (Å²) in [6.45, 7) is 7.09. The van der Waals surface area contributed by atoms with E-state index in [2.05, 4.69) is 42.0 Å². The van der Waals surface area contributed by atoms with Crippen LogP contribution in [0.1, 0.15) is 16.8 Å². The zero-order chi connectivity index (χ0) is 46.4. The Morgan fingerprint density at radius 1 is 0.879 bits per heavy atom. The van der Waals surface area contributed by atoms with Crippen molar-refractivity contribution in [3.63, 3.8) is 0 Å². The molecule has 0 bridgehead atoms. The summed E-state index contributed by atoms with van der Waals surface area (Å²) in [5.41, 5.74) is 5.77. The van der Waals surface area contributed by atoms with Crippen LogP contribution in [-0.4, -0.2) is 114 Å². The van der Waals surface area contributed by atoms with Crippen molar-refractivity contribution in [1.82, 2.24) is 39.1 Å². The number of rotatable bonds is 17. The number of ether oxygens (including phenoxy) is 3. The van der Waals surface area contributed by atoms with E-state index in [9.17, 15) is 17.6 Å². The van der Waals surface area contributed by atoms with Crippen molar-refractivity contribution < 1.29 is 31.8 Å². The van der Waals surface area contributed by atoms with E-state index in [1.165, 1.54) is 18.5 Å². The lowest BCUT2D eigenvalue weighted by Crippen LogP contribution is -2.45. The number of likely N-dealkylation sites (N-methyl/N-ethyl adjacent to an activating group) is 1. The van der Waals surface area contributed by atoms with E-state index >= 15 is 0 Å². The highest BCUT2D eigenvalue weighted by Crippen LogP contribution is 2.44. The summed E-state index contributed by atoms with van der Waals surface area (Å²) >= 11 is 7.09. The number of hydrogen-bond donors (Lipinski definition) is 2. The molecule has 0 aliphatic carbocycles. The normalized spacial score (nSPS) is 13.9. The summed E-state index contributed by atoms with van der Waals surface area (Å²) in [5.74, 6) is 1.05. The second-order valence-corrected chi connectivity index (χ2v) is 18.1. The maximum Gasteiger partial charge on any atom is 0.256 e. The molecule has 1 saturated heterocycles. The molecule has 66 heavy (non-hydrogen) atoms. The lowest BCUT2D eigenvalue weighted by atomic mass is 9.94. The lowest BCUT2D eigenvalue weighted by molar-refractivity contribution is -0.120. The number of hydrogen-bond acceptors (Lipinski definition) is 13. The van der Waals surface area contributed by atoms with Crippen molar-refractivity contribution >= 4 is 38.9 Å². The molecule has 15 nitrogen and oxygen atoms in total. The molecule has 0 spiro atoms. The third-order valence-corrected chi connectivity index (χ3v) is 12.4. The Balaban J connectivity index is 1.13. The fourth-order valence-electron chi connectivity index (χ4n) is 7.89. The Hall–Kier alpha value is -6.66. The minimum atomic E-state index is -3.99. The largest absolute Gasteiger partial charge is 0.496 e. The van der Waals surface area contributed by atoms with Crippen LogP contribution in [0.15, 0.2) is 110 Å². The fourth-order valence-corrected chi connectivity index (χ4v) is 8.61. The zero-order valence-electron chi connectivity index (χ0n) is 36.9. The molecule has 0 radical (unpaired) electrons. The number of carbonyl (C=O) groups excluding carboxylic acids is 1. The molecule has 7 aromatic rings. The second kappa shape index (κ2) is 20.2. The van der Waals surface area contributed by atoms with Gasteiger partial charge in [-0.1, -0.05) is 60.1 Å². The summed E-state index contributed by atoms with van der Waals surface area (Å²) in [6.07, 6.45) is 5.64. The fraction of sp³-hybridized carbons (Fsp3) is 0.271. The lowest BCUT2D eigenvalue weighted by Gasteiger charge is -2.32. The summed E-state index contributed by atoms with van der Waals surface area (Å²) in [4.78, 5) is 32.5. The van der Waals surface area contributed by atoms with E-state index in [4.69, 9.17) is 30.8 Å². The molecule has 0 saturated carbocycles. The van der Waals surface area contributed by atoms with Crippen LogP contribution in [0.3, 0.4) is 0 Å². The van der Waals surface area contributed by atoms with Crippen LogP contribution in [0, 0.1) is 12.7 Å². The highest BCUT2D eigenvalue weighted by atomic mass is 35.5. The first-order valence-electron chi connectivity index (χ1n) is 21.2. The topological polar surface area (TPSA) is 165 Å². The van der Waals surface area contributed by atoms with Crippen LogP contribution in [0.4, 0.5) is 10.2 Å². The van der Waals surface area contributed by atoms with Gasteiger partial charge in [0.25, 0.3) is 5.91 Å². The van der Waals surface area contributed by atoms with E-state index < -0.39 is 27.8 Å². The number of sulfonamides is 1. The van der Waals surface area contributed by atoms with Crippen molar-refractivity contribution in [2.75, 3.05) is 65.1 Å². The van der Waals surface area contributed by atoms with Crippen molar-refractivity contribution in [2.24, 2.45) is 0 Å². The molecular formula is C48H49ClFN9O6S. The van der Waals surface area contributed by atoms with Crippen LogP contribution < -0.4 is 24.2 Å². The predicted molar refractivity (Wildman–Crippen MR) is 252 cm³/mol. The molecular weight excluding hydrogens is 885 g/mol. The van der Waals surface area contributed by atoms with Gasteiger partial charge in [0.2, 0.25) is 10.0 Å². The van der Waals surface area contributed by atoms with Crippen LogP contribution in [-0.2, 0) is 27.8 Å². The number of nitrogens with one attached hydrogen (secondary N) is 2. The Labute approximate surface area is 387 Å². The summed E-state index contributed by atoms with van der Waals surface area (Å²) in [7, 11) is -0.293. The Kier molecular flexibility index (Phi) is 14.1. The van der Waals surface area contributed by atoms with Crippen LogP contribution in [0.25, 0.3) is 39.2 Å². The maximum absolute atomic E-state index is 14.3. The average molecular weight is 934 g/mol. The summed E-state index contributed by atoms with van der Waals surface area (Å²) in [6, 6.07) is 24.9. The van der Waals surface area contributed by atoms with Gasteiger partial charge in [0.05, 0.1) is 29.6 Å². The zero-order valence-corrected chi connectivity index (χ0v) is 38.4. The van der Waals surface area contributed by atoms with E-state index in [0.29, 0.717) is 79.3 Å². The van der Waals surface area contributed by atoms with Gasteiger partial charge >= 0.3 is 0 Å². The summed E-state index contributed by atoms with van der Waals surface area (Å²) < 4.78 is 61.2. The van der Waals surface area contributed by atoms with Gasteiger partial charge in [-0.2, -0.15) is 5.10 Å². The number of anilines is 1. The number of carbonyl (C=O) groups is 1. The standard InChI is InChI=1S/C48H49ClFN9O6S/c1-31-36(17-18-42(44(31)49)64-26-25-58-23-21-57(2)22-24-58)43-38(32-13-15-34(50)16-14-32)28-59-45(43)47(52-30-53-59)55-39(48(60)56-66(4,61)62)27-33-9-5-7-11-40(33)65-29-35-19-20-51-46(54-35)37-10-6-8-12-41(37)63-3/h5-20,28,30,39H,21-27,29H2,1-4H3,(H,56,60)(H,52,53,55). The molecule has 342 valence electrons. The van der Waals surface area contributed by atoms with Crippen molar-refractivity contribution in [3.8, 4) is 50.9 Å². The molecule has 1 unspecified atom stereocenters. The molecule has 1 amide bonds. The SMILES string of the molecule is COc1ccccc1-c1nccc(COc2ccccc2CC(Nc2ncnn3cc(-c4ccc(F)cc4)c(-c4ccc(OCCN5CCN(C)CC5)c(Cl)c4C)c23)C(=O)NS(C)(=O)=O)n1. The first kappa shape index (κ1) is 45.9. The van der Waals surface area contributed by atoms with Gasteiger partial charge in [0, 0.05) is 62.7 Å². The Bertz CT molecular complexity index is 2970. The molecule has 1 fully saturated rings. The number of methoxy groups -OCH3 is 1. The van der Waals surface area contributed by atoms with E-state index in [0.717, 1.165) is 44.5 Å². The van der Waals surface area contributed by atoms with Crippen molar-refractivity contribution in [1.29, 1.82) is 0 Å². The molecule has 1 aliphatic rings. The van der Waals surface area contributed by atoms with Crippen LogP contribution in [0.2, 0.25) is 5.02 Å². The first-order chi connectivity index (χ1) is 31.8. The molecule has 2 N–H and O–H groups in total. The third kappa shape index (κ3) is 10.7. The highest BCUT2D eigenvalue weighted by molar-refractivity contribution is 7.89. The van der Waals surface area contributed by atoms with Gasteiger partial charge < -0.3 is 24.4 Å². The number of aromatic nitrogens is 5. The number of fused-ring (bicyclic) bond motifs is 1. The molecule has 1 atom stereocenters. The molecule has 8 rings (SSSR count). The molecule has 3 aromatic heterocycles. The smallest absolute Gasteiger partial charge is 0.256 e. The van der Waals surface area contributed by atoms with Crippen molar-refractivity contribution in [3.05, 3.63) is 137 Å². The number of piperazine rings is 1. The van der Waals surface area contributed by atoms with Gasteiger partial charge in [-0.15, -0.1) is 0 Å². The van der Waals surface area contributed by atoms with Crippen molar-refractivity contribution in [2.45, 2.75) is 26.0 Å². The number of benzene rings is 4. The minimum Gasteiger partial charge on any atom is -0.496 e. The van der Waals surface area contributed by atoms with E-state index in [-0.39, 0.29) is 18.8 Å². The van der Waals surface area contributed by atoms with Gasteiger partial charge in [-0.25, -0.2) is 32.3 Å². The summed E-state index contributed by atoms with van der Waals surface area (Å²) in [5, 5.41) is 8.22. The second-order valence-electron chi connectivity index (χ2n) is 16.0. The number of nitrogens with zero attached hydrogens (tertiary/aromatic N) is 7. The minimum absolute atomic E-state index is 0.0319. The Morgan fingerprint density at radius 3 is 2.38 bits per heavy atom. The third-order valence-electron chi connectivity index (χ3n) is 11.4. The molecule has 1 aliphatic heterocycles. The number of amides is 1.